The summed E-state index contributed by atoms with van der Waals surface area (Å²) >= 11 is 0. The largest absolute Gasteiger partial charge is 0.316 e. The van der Waals surface area contributed by atoms with E-state index < -0.39 is 0 Å². The smallest absolute Gasteiger partial charge is 0.0695 e. The van der Waals surface area contributed by atoms with Crippen LogP contribution in [0.5, 0.6) is 0 Å². The second-order valence-electron chi connectivity index (χ2n) is 5.63. The molecule has 0 aliphatic rings. The molecule has 0 fully saturated rings. The van der Waals surface area contributed by atoms with E-state index >= 15 is 0 Å². The molecule has 2 rings (SSSR count). The summed E-state index contributed by atoms with van der Waals surface area (Å²) in [5.74, 6) is 0. The Bertz CT molecular complexity index is 503. The number of hydrogen-bond acceptors (Lipinski definition) is 2. The number of nitrogens with one attached hydrogen (secondary N) is 2. The van der Waals surface area contributed by atoms with Crippen LogP contribution >= 0.6 is 0 Å². The van der Waals surface area contributed by atoms with Crippen LogP contribution in [0.15, 0.2) is 30.5 Å². The molecule has 1 heterocycles. The molecule has 0 aliphatic heterocycles. The zero-order valence-corrected chi connectivity index (χ0v) is 11.5. The van der Waals surface area contributed by atoms with Crippen molar-refractivity contribution in [3.05, 3.63) is 41.6 Å². The van der Waals surface area contributed by atoms with Crippen molar-refractivity contribution in [2.45, 2.75) is 32.7 Å². The van der Waals surface area contributed by atoms with Crippen LogP contribution in [-0.2, 0) is 12.0 Å². The van der Waals surface area contributed by atoms with E-state index in [0.29, 0.717) is 0 Å². The monoisotopic (exact) mass is 243 g/mol. The first-order valence-corrected chi connectivity index (χ1v) is 6.30. The molecule has 3 nitrogen and oxygen atoms in total. The molecule has 0 unspecified atom stereocenters. The molecule has 2 aromatic rings. The van der Waals surface area contributed by atoms with E-state index in [1.165, 1.54) is 16.7 Å². The molecule has 1 aromatic heterocycles. The van der Waals surface area contributed by atoms with Crippen molar-refractivity contribution in [3.8, 4) is 11.3 Å². The minimum atomic E-state index is 0.195. The van der Waals surface area contributed by atoms with E-state index in [9.17, 15) is 0 Å². The van der Waals surface area contributed by atoms with Gasteiger partial charge < -0.3 is 5.32 Å². The lowest BCUT2D eigenvalue weighted by Crippen LogP contribution is -2.10. The lowest BCUT2D eigenvalue weighted by atomic mass is 9.86. The lowest BCUT2D eigenvalue weighted by molar-refractivity contribution is 0.590. The van der Waals surface area contributed by atoms with Crippen molar-refractivity contribution in [2.75, 3.05) is 7.05 Å². The second-order valence-corrected chi connectivity index (χ2v) is 5.63. The van der Waals surface area contributed by atoms with E-state index in [2.05, 4.69) is 60.6 Å². The third-order valence-corrected chi connectivity index (χ3v) is 3.12. The fourth-order valence-electron chi connectivity index (χ4n) is 2.02. The standard InChI is InChI=1S/C15H21N3/c1-15(2,3)13-7-5-11(6-8-13)14-12(9-16-4)10-17-18-14/h5-8,10,16H,9H2,1-4H3,(H,17,18). The van der Waals surface area contributed by atoms with Crippen LogP contribution < -0.4 is 5.32 Å². The molecule has 0 amide bonds. The van der Waals surface area contributed by atoms with E-state index in [-0.39, 0.29) is 5.41 Å². The summed E-state index contributed by atoms with van der Waals surface area (Å²) in [4.78, 5) is 0. The highest BCUT2D eigenvalue weighted by Gasteiger charge is 2.14. The van der Waals surface area contributed by atoms with E-state index in [0.717, 1.165) is 12.2 Å². The normalized spacial score (nSPS) is 11.8. The molecule has 3 heteroatoms. The summed E-state index contributed by atoms with van der Waals surface area (Å²) in [6, 6.07) is 8.71. The van der Waals surface area contributed by atoms with Crippen molar-refractivity contribution < 1.29 is 0 Å². The van der Waals surface area contributed by atoms with Gasteiger partial charge in [0.1, 0.15) is 0 Å². The van der Waals surface area contributed by atoms with Crippen LogP contribution in [0.1, 0.15) is 31.9 Å². The van der Waals surface area contributed by atoms with Crippen LogP contribution in [0.3, 0.4) is 0 Å². The van der Waals surface area contributed by atoms with Gasteiger partial charge in [0.05, 0.1) is 11.9 Å². The maximum atomic E-state index is 4.12. The van der Waals surface area contributed by atoms with E-state index in [4.69, 9.17) is 0 Å². The Balaban J connectivity index is 2.32. The number of nitrogens with zero attached hydrogens (tertiary/aromatic N) is 1. The van der Waals surface area contributed by atoms with Crippen molar-refractivity contribution in [1.82, 2.24) is 15.5 Å². The van der Waals surface area contributed by atoms with Gasteiger partial charge in [-0.1, -0.05) is 45.0 Å². The molecular weight excluding hydrogens is 222 g/mol. The Morgan fingerprint density at radius 2 is 1.83 bits per heavy atom. The average Bonchev–Trinajstić information content (AvgIpc) is 2.77. The van der Waals surface area contributed by atoms with Crippen LogP contribution in [0.4, 0.5) is 0 Å². The van der Waals surface area contributed by atoms with Gasteiger partial charge in [-0.05, 0) is 23.6 Å². The summed E-state index contributed by atoms with van der Waals surface area (Å²) < 4.78 is 0. The minimum Gasteiger partial charge on any atom is -0.316 e. The number of aromatic amines is 1. The molecule has 96 valence electrons. The number of aromatic nitrogens is 2. The van der Waals surface area contributed by atoms with Crippen molar-refractivity contribution in [1.29, 1.82) is 0 Å². The van der Waals surface area contributed by atoms with Crippen LogP contribution in [0.2, 0.25) is 0 Å². The van der Waals surface area contributed by atoms with Crippen LogP contribution in [0, 0.1) is 0 Å². The van der Waals surface area contributed by atoms with Gasteiger partial charge in [-0.3, -0.25) is 5.10 Å². The summed E-state index contributed by atoms with van der Waals surface area (Å²) in [6.45, 7) is 7.51. The molecule has 18 heavy (non-hydrogen) atoms. The van der Waals surface area contributed by atoms with Gasteiger partial charge in [-0.15, -0.1) is 0 Å². The van der Waals surface area contributed by atoms with Gasteiger partial charge in [-0.25, -0.2) is 0 Å². The van der Waals surface area contributed by atoms with E-state index in [1.54, 1.807) is 0 Å². The van der Waals surface area contributed by atoms with E-state index in [1.807, 2.05) is 13.2 Å². The third-order valence-electron chi connectivity index (χ3n) is 3.12. The second kappa shape index (κ2) is 4.94. The number of rotatable bonds is 3. The van der Waals surface area contributed by atoms with Gasteiger partial charge >= 0.3 is 0 Å². The molecule has 0 spiro atoms. The lowest BCUT2D eigenvalue weighted by Gasteiger charge is -2.19. The quantitative estimate of drug-likeness (QED) is 0.869. The summed E-state index contributed by atoms with van der Waals surface area (Å²) in [7, 11) is 1.94. The SMILES string of the molecule is CNCc1cn[nH]c1-c1ccc(C(C)(C)C)cc1. The first-order chi connectivity index (χ1) is 8.52. The Morgan fingerprint density at radius 1 is 1.17 bits per heavy atom. The minimum absolute atomic E-state index is 0.195. The van der Waals surface area contributed by atoms with Crippen LogP contribution in [0.25, 0.3) is 11.3 Å². The molecule has 0 radical (unpaired) electrons. The average molecular weight is 243 g/mol. The topological polar surface area (TPSA) is 40.7 Å². The Morgan fingerprint density at radius 3 is 2.39 bits per heavy atom. The molecule has 0 aliphatic carbocycles. The van der Waals surface area contributed by atoms with Gasteiger partial charge in [0.15, 0.2) is 0 Å². The highest BCUT2D eigenvalue weighted by molar-refractivity contribution is 5.63. The number of benzene rings is 1. The first kappa shape index (κ1) is 12.8. The zero-order valence-electron chi connectivity index (χ0n) is 11.5. The maximum Gasteiger partial charge on any atom is 0.0695 e. The Kier molecular flexibility index (Phi) is 3.53. The zero-order chi connectivity index (χ0) is 13.2. The van der Waals surface area contributed by atoms with Crippen molar-refractivity contribution in [2.24, 2.45) is 0 Å². The molecular formula is C15H21N3. The highest BCUT2D eigenvalue weighted by Crippen LogP contribution is 2.26. The molecule has 2 N–H and O–H groups in total. The molecule has 0 atom stereocenters. The molecule has 0 bridgehead atoms. The predicted octanol–water partition coefficient (Wildman–Crippen LogP) is 3.09. The van der Waals surface area contributed by atoms with Gasteiger partial charge in [0.2, 0.25) is 0 Å². The molecule has 0 saturated carbocycles. The first-order valence-electron chi connectivity index (χ1n) is 6.30. The highest BCUT2D eigenvalue weighted by atomic mass is 15.1. The van der Waals surface area contributed by atoms with Gasteiger partial charge in [-0.2, -0.15) is 5.10 Å². The number of hydrogen-bond donors (Lipinski definition) is 2. The van der Waals surface area contributed by atoms with Gasteiger partial charge in [0.25, 0.3) is 0 Å². The van der Waals surface area contributed by atoms with Crippen molar-refractivity contribution in [3.63, 3.8) is 0 Å². The predicted molar refractivity (Wildman–Crippen MR) is 75.5 cm³/mol. The van der Waals surface area contributed by atoms with Crippen LogP contribution in [-0.4, -0.2) is 17.2 Å². The maximum absolute atomic E-state index is 4.12. The molecule has 0 saturated heterocycles. The fraction of sp³-hybridized carbons (Fsp3) is 0.400. The Hall–Kier alpha value is -1.61. The summed E-state index contributed by atoms with van der Waals surface area (Å²) in [5.41, 5.74) is 5.03. The van der Waals surface area contributed by atoms with Crippen molar-refractivity contribution >= 4 is 0 Å². The fourth-order valence-corrected chi connectivity index (χ4v) is 2.02. The number of H-pyrrole nitrogens is 1. The van der Waals surface area contributed by atoms with Gasteiger partial charge in [0, 0.05) is 12.1 Å². The summed E-state index contributed by atoms with van der Waals surface area (Å²) in [6.07, 6.45) is 1.88. The third kappa shape index (κ3) is 2.62. The summed E-state index contributed by atoms with van der Waals surface area (Å²) in [5, 5.41) is 10.4. The molecule has 1 aromatic carbocycles. The Labute approximate surface area is 109 Å².